The number of thioether (sulfide) groups is 1. The number of aromatic nitrogens is 2. The van der Waals surface area contributed by atoms with E-state index >= 15 is 0 Å². The number of benzene rings is 3. The van der Waals surface area contributed by atoms with Gasteiger partial charge >= 0.3 is 0 Å². The first-order chi connectivity index (χ1) is 15.5. The zero-order chi connectivity index (χ0) is 22.5. The van der Waals surface area contributed by atoms with E-state index < -0.39 is 17.6 Å². The van der Waals surface area contributed by atoms with E-state index in [-0.39, 0.29) is 11.3 Å². The Balaban J connectivity index is 1.30. The van der Waals surface area contributed by atoms with Crippen molar-refractivity contribution in [1.82, 2.24) is 20.8 Å². The molecule has 0 atom stereocenters. The van der Waals surface area contributed by atoms with Gasteiger partial charge in [0, 0.05) is 16.9 Å². The lowest BCUT2D eigenvalue weighted by atomic mass is 10.1. The van der Waals surface area contributed by atoms with Crippen LogP contribution in [0, 0.1) is 5.82 Å². The van der Waals surface area contributed by atoms with Crippen molar-refractivity contribution < 1.29 is 18.7 Å². The maximum atomic E-state index is 13.7. The number of aromatic amines is 1. The summed E-state index contributed by atoms with van der Waals surface area (Å²) < 4.78 is 18.6. The number of para-hydroxylation sites is 2. The molecule has 0 spiro atoms. The van der Waals surface area contributed by atoms with Gasteiger partial charge < -0.3 is 9.72 Å². The summed E-state index contributed by atoms with van der Waals surface area (Å²) in [5, 5.41) is 0.825. The van der Waals surface area contributed by atoms with E-state index in [1.165, 1.54) is 19.2 Å². The second-order valence-corrected chi connectivity index (χ2v) is 7.77. The Labute approximate surface area is 187 Å². The Bertz CT molecular complexity index is 1240. The number of nitrogens with one attached hydrogen (secondary N) is 3. The van der Waals surface area contributed by atoms with Gasteiger partial charge in [0.2, 0.25) is 0 Å². The lowest BCUT2D eigenvalue weighted by Crippen LogP contribution is -2.41. The molecule has 4 aromatic rings. The number of rotatable bonds is 6. The van der Waals surface area contributed by atoms with Crippen LogP contribution in [0.2, 0.25) is 0 Å². The predicted octanol–water partition coefficient (Wildman–Crippen LogP) is 4.08. The minimum atomic E-state index is -0.664. The van der Waals surface area contributed by atoms with Crippen molar-refractivity contribution in [3.8, 4) is 5.75 Å². The maximum Gasteiger partial charge on any atom is 0.269 e. The molecule has 0 unspecified atom stereocenters. The van der Waals surface area contributed by atoms with Gasteiger partial charge in [-0.15, -0.1) is 0 Å². The number of hydrogen-bond donors (Lipinski definition) is 3. The van der Waals surface area contributed by atoms with Crippen molar-refractivity contribution in [2.75, 3.05) is 7.11 Å². The quantitative estimate of drug-likeness (QED) is 0.304. The highest BCUT2D eigenvalue weighted by Gasteiger charge is 2.12. The third-order valence-corrected chi connectivity index (χ3v) is 5.61. The van der Waals surface area contributed by atoms with Crippen LogP contribution < -0.4 is 15.6 Å². The fourth-order valence-corrected chi connectivity index (χ4v) is 3.81. The molecule has 32 heavy (non-hydrogen) atoms. The minimum absolute atomic E-state index is 0.0316. The number of methoxy groups -OCH3 is 1. The number of fused-ring (bicyclic) bond motifs is 1. The lowest BCUT2D eigenvalue weighted by Gasteiger charge is -2.09. The number of ether oxygens (including phenoxy) is 1. The van der Waals surface area contributed by atoms with Gasteiger partial charge in [0.25, 0.3) is 11.8 Å². The van der Waals surface area contributed by atoms with Crippen LogP contribution in [0.15, 0.2) is 71.9 Å². The fourth-order valence-electron chi connectivity index (χ4n) is 2.97. The molecule has 1 heterocycles. The van der Waals surface area contributed by atoms with Crippen LogP contribution in [-0.2, 0) is 5.75 Å². The number of imidazole rings is 1. The van der Waals surface area contributed by atoms with Crippen molar-refractivity contribution >= 4 is 34.6 Å². The van der Waals surface area contributed by atoms with Crippen molar-refractivity contribution in [2.45, 2.75) is 10.9 Å². The summed E-state index contributed by atoms with van der Waals surface area (Å²) in [6.45, 7) is 0. The number of nitrogens with zero attached hydrogens (tertiary/aromatic N) is 1. The summed E-state index contributed by atoms with van der Waals surface area (Å²) in [5.41, 5.74) is 7.96. The summed E-state index contributed by atoms with van der Waals surface area (Å²) in [6.07, 6.45) is 0. The normalized spacial score (nSPS) is 10.7. The van der Waals surface area contributed by atoms with Gasteiger partial charge in [-0.1, -0.05) is 36.0 Å². The number of H-pyrrole nitrogens is 1. The SMILES string of the molecule is COc1ccc(C(=O)NNC(=O)c2ccc(CSc3nc4ccccc4[nH]3)cc2)cc1F. The Kier molecular flexibility index (Phi) is 6.37. The first-order valence-corrected chi connectivity index (χ1v) is 10.6. The first-order valence-electron chi connectivity index (χ1n) is 9.64. The molecule has 0 fully saturated rings. The Hall–Kier alpha value is -3.85. The van der Waals surface area contributed by atoms with Crippen molar-refractivity contribution in [3.05, 3.63) is 89.2 Å². The lowest BCUT2D eigenvalue weighted by molar-refractivity contribution is 0.0846. The molecule has 1 aromatic heterocycles. The molecular formula is C23H19FN4O3S. The van der Waals surface area contributed by atoms with E-state index in [9.17, 15) is 14.0 Å². The van der Waals surface area contributed by atoms with Crippen LogP contribution in [0.5, 0.6) is 5.75 Å². The van der Waals surface area contributed by atoms with E-state index in [4.69, 9.17) is 4.74 Å². The zero-order valence-electron chi connectivity index (χ0n) is 17.0. The first kappa shape index (κ1) is 21.4. The maximum absolute atomic E-state index is 13.7. The molecule has 9 heteroatoms. The average Bonchev–Trinajstić information content (AvgIpc) is 3.24. The molecule has 2 amide bonds. The summed E-state index contributed by atoms with van der Waals surface area (Å²) >= 11 is 1.57. The van der Waals surface area contributed by atoms with Gasteiger partial charge in [-0.05, 0) is 48.0 Å². The Morgan fingerprint density at radius 3 is 2.38 bits per heavy atom. The summed E-state index contributed by atoms with van der Waals surface area (Å²) in [6, 6.07) is 18.6. The van der Waals surface area contributed by atoms with Crippen LogP contribution in [-0.4, -0.2) is 28.9 Å². The monoisotopic (exact) mass is 450 g/mol. The van der Waals surface area contributed by atoms with Crippen molar-refractivity contribution in [1.29, 1.82) is 0 Å². The largest absolute Gasteiger partial charge is 0.494 e. The molecule has 0 radical (unpaired) electrons. The number of hydrogen-bond acceptors (Lipinski definition) is 5. The summed E-state index contributed by atoms with van der Waals surface area (Å²) in [7, 11) is 1.33. The number of carbonyl (C=O) groups is 2. The highest BCUT2D eigenvalue weighted by Crippen LogP contribution is 2.23. The van der Waals surface area contributed by atoms with Crippen LogP contribution in [0.1, 0.15) is 26.3 Å². The van der Waals surface area contributed by atoms with Crippen molar-refractivity contribution in [2.24, 2.45) is 0 Å². The van der Waals surface area contributed by atoms with Gasteiger partial charge in [0.15, 0.2) is 16.7 Å². The molecule has 0 aliphatic carbocycles. The molecule has 0 saturated carbocycles. The highest BCUT2D eigenvalue weighted by molar-refractivity contribution is 7.98. The third-order valence-electron chi connectivity index (χ3n) is 4.66. The van der Waals surface area contributed by atoms with E-state index in [0.717, 1.165) is 27.8 Å². The smallest absolute Gasteiger partial charge is 0.269 e. The molecule has 7 nitrogen and oxygen atoms in total. The Morgan fingerprint density at radius 1 is 1.00 bits per heavy atom. The van der Waals surface area contributed by atoms with E-state index in [0.29, 0.717) is 11.3 Å². The summed E-state index contributed by atoms with van der Waals surface area (Å²) in [4.78, 5) is 32.2. The van der Waals surface area contributed by atoms with Gasteiger partial charge in [-0.2, -0.15) is 0 Å². The predicted molar refractivity (Wildman–Crippen MR) is 120 cm³/mol. The second-order valence-electron chi connectivity index (χ2n) is 6.80. The molecular weight excluding hydrogens is 431 g/mol. The van der Waals surface area contributed by atoms with Crippen LogP contribution >= 0.6 is 11.8 Å². The number of hydrazine groups is 1. The molecule has 0 aliphatic heterocycles. The standard InChI is InChI=1S/C23H19FN4O3S/c1-31-20-11-10-16(12-17(20)24)22(30)28-27-21(29)15-8-6-14(7-9-15)13-32-23-25-18-4-2-3-5-19(18)26-23/h2-12H,13H2,1H3,(H,25,26)(H,27,29)(H,28,30). The molecule has 0 bridgehead atoms. The third kappa shape index (κ3) is 4.89. The molecule has 3 N–H and O–H groups in total. The van der Waals surface area contributed by atoms with E-state index in [1.54, 1.807) is 23.9 Å². The van der Waals surface area contributed by atoms with Crippen molar-refractivity contribution in [3.63, 3.8) is 0 Å². The molecule has 0 aliphatic rings. The number of carbonyl (C=O) groups excluding carboxylic acids is 2. The number of halogens is 1. The van der Waals surface area contributed by atoms with Gasteiger partial charge in [-0.3, -0.25) is 20.4 Å². The zero-order valence-corrected chi connectivity index (χ0v) is 17.8. The van der Waals surface area contributed by atoms with Gasteiger partial charge in [-0.25, -0.2) is 9.37 Å². The molecule has 162 valence electrons. The molecule has 3 aromatic carbocycles. The minimum Gasteiger partial charge on any atom is -0.494 e. The number of amides is 2. The van der Waals surface area contributed by atoms with Gasteiger partial charge in [0.05, 0.1) is 18.1 Å². The van der Waals surface area contributed by atoms with Crippen LogP contribution in [0.25, 0.3) is 11.0 Å². The molecule has 0 saturated heterocycles. The average molecular weight is 450 g/mol. The van der Waals surface area contributed by atoms with E-state index in [1.807, 2.05) is 36.4 Å². The van der Waals surface area contributed by atoms with Crippen LogP contribution in [0.3, 0.4) is 0 Å². The highest BCUT2D eigenvalue weighted by atomic mass is 32.2. The van der Waals surface area contributed by atoms with Crippen LogP contribution in [0.4, 0.5) is 4.39 Å². The Morgan fingerprint density at radius 2 is 1.69 bits per heavy atom. The van der Waals surface area contributed by atoms with E-state index in [2.05, 4.69) is 20.8 Å². The molecule has 4 rings (SSSR count). The second kappa shape index (κ2) is 9.52. The summed E-state index contributed by atoms with van der Waals surface area (Å²) in [5.74, 6) is -1.07. The fraction of sp³-hybridized carbons (Fsp3) is 0.0870. The topological polar surface area (TPSA) is 96.1 Å². The van der Waals surface area contributed by atoms with Gasteiger partial charge in [0.1, 0.15) is 0 Å².